The zero-order valence-electron chi connectivity index (χ0n) is 5.80. The SMILES string of the molecule is Br.CN1CCOCC1.[Zn]. The Kier molecular flexibility index (Phi) is 10.0. The minimum Gasteiger partial charge on any atom is -0.379 e. The quantitative estimate of drug-likeness (QED) is 0.579. The van der Waals surface area contributed by atoms with Crippen LogP contribution in [0.3, 0.4) is 0 Å². The molecule has 1 rings (SSSR count). The number of likely N-dealkylation sites (N-methyl/N-ethyl adjacent to an activating group) is 1. The van der Waals surface area contributed by atoms with Crippen LogP contribution in [0.1, 0.15) is 0 Å². The number of ether oxygens (including phenoxy) is 1. The smallest absolute Gasteiger partial charge is 0.0594 e. The molecule has 1 aliphatic heterocycles. The van der Waals surface area contributed by atoms with Gasteiger partial charge in [-0.05, 0) is 7.05 Å². The maximum absolute atomic E-state index is 5.10. The summed E-state index contributed by atoms with van der Waals surface area (Å²) in [5.74, 6) is 0. The number of hydrogen-bond acceptors (Lipinski definition) is 2. The monoisotopic (exact) mass is 245 g/mol. The average molecular weight is 247 g/mol. The minimum absolute atomic E-state index is 0. The molecule has 4 heteroatoms. The van der Waals surface area contributed by atoms with Gasteiger partial charge >= 0.3 is 0 Å². The van der Waals surface area contributed by atoms with Crippen molar-refractivity contribution < 1.29 is 24.2 Å². The average Bonchev–Trinajstić information content (AvgIpc) is 1.69. The Morgan fingerprint density at radius 1 is 1.22 bits per heavy atom. The van der Waals surface area contributed by atoms with E-state index in [9.17, 15) is 0 Å². The van der Waals surface area contributed by atoms with Crippen LogP contribution in [0, 0.1) is 0 Å². The fourth-order valence-corrected chi connectivity index (χ4v) is 0.655. The molecular formula is C5H12BrNOZn. The van der Waals surface area contributed by atoms with Crippen molar-refractivity contribution in [3.05, 3.63) is 0 Å². The Balaban J connectivity index is 0. The molecular weight excluding hydrogens is 235 g/mol. The van der Waals surface area contributed by atoms with Crippen molar-refractivity contribution in [2.75, 3.05) is 33.4 Å². The maximum atomic E-state index is 5.10. The van der Waals surface area contributed by atoms with Gasteiger partial charge in [-0.25, -0.2) is 0 Å². The van der Waals surface area contributed by atoms with E-state index in [-0.39, 0.29) is 36.5 Å². The van der Waals surface area contributed by atoms with Gasteiger partial charge in [-0.2, -0.15) is 0 Å². The molecule has 1 fully saturated rings. The van der Waals surface area contributed by atoms with E-state index in [0.29, 0.717) is 0 Å². The number of nitrogens with zero attached hydrogens (tertiary/aromatic N) is 1. The Morgan fingerprint density at radius 3 is 1.89 bits per heavy atom. The molecule has 0 aliphatic carbocycles. The normalized spacial score (nSPS) is 19.7. The molecule has 0 radical (unpaired) electrons. The van der Waals surface area contributed by atoms with Gasteiger partial charge in [0, 0.05) is 32.6 Å². The Labute approximate surface area is 79.5 Å². The summed E-state index contributed by atoms with van der Waals surface area (Å²) < 4.78 is 5.10. The Morgan fingerprint density at radius 2 is 1.67 bits per heavy atom. The van der Waals surface area contributed by atoms with Crippen molar-refractivity contribution >= 4 is 17.0 Å². The van der Waals surface area contributed by atoms with Gasteiger partial charge in [0.25, 0.3) is 0 Å². The van der Waals surface area contributed by atoms with E-state index in [1.54, 1.807) is 0 Å². The summed E-state index contributed by atoms with van der Waals surface area (Å²) in [5, 5.41) is 0. The van der Waals surface area contributed by atoms with Crippen LogP contribution in [-0.2, 0) is 24.2 Å². The van der Waals surface area contributed by atoms with Crippen LogP contribution in [0.2, 0.25) is 0 Å². The minimum atomic E-state index is 0. The van der Waals surface area contributed by atoms with Gasteiger partial charge in [-0.15, -0.1) is 17.0 Å². The van der Waals surface area contributed by atoms with E-state index in [1.165, 1.54) is 0 Å². The maximum Gasteiger partial charge on any atom is 0.0594 e. The third-order valence-electron chi connectivity index (χ3n) is 1.23. The standard InChI is InChI=1S/C5H11NO.BrH.Zn/c1-6-2-4-7-5-3-6;;/h2-5H2,1H3;1H;. The predicted octanol–water partition coefficient (Wildman–Crippen LogP) is 0.524. The van der Waals surface area contributed by atoms with Gasteiger partial charge in [-0.3, -0.25) is 0 Å². The molecule has 0 spiro atoms. The first kappa shape index (κ1) is 12.7. The van der Waals surface area contributed by atoms with Gasteiger partial charge in [0.15, 0.2) is 0 Å². The summed E-state index contributed by atoms with van der Waals surface area (Å²) in [5.41, 5.74) is 0. The summed E-state index contributed by atoms with van der Waals surface area (Å²) in [6, 6.07) is 0. The molecule has 0 aromatic rings. The van der Waals surface area contributed by atoms with Crippen molar-refractivity contribution in [3.63, 3.8) is 0 Å². The van der Waals surface area contributed by atoms with E-state index < -0.39 is 0 Å². The van der Waals surface area contributed by atoms with Crippen LogP contribution in [-0.4, -0.2) is 38.3 Å². The molecule has 2 nitrogen and oxygen atoms in total. The molecule has 9 heavy (non-hydrogen) atoms. The molecule has 0 N–H and O–H groups in total. The second-order valence-electron chi connectivity index (χ2n) is 1.92. The van der Waals surface area contributed by atoms with Gasteiger partial charge < -0.3 is 9.64 Å². The summed E-state index contributed by atoms with van der Waals surface area (Å²) in [6.07, 6.45) is 0. The second-order valence-corrected chi connectivity index (χ2v) is 1.92. The van der Waals surface area contributed by atoms with Gasteiger partial charge in [0.2, 0.25) is 0 Å². The van der Waals surface area contributed by atoms with Crippen LogP contribution < -0.4 is 0 Å². The van der Waals surface area contributed by atoms with Crippen LogP contribution in [0.15, 0.2) is 0 Å². The molecule has 0 saturated carbocycles. The number of morpholine rings is 1. The zero-order valence-corrected chi connectivity index (χ0v) is 10.5. The Bertz CT molecular complexity index is 58.9. The summed E-state index contributed by atoms with van der Waals surface area (Å²) in [6.45, 7) is 4.02. The second kappa shape index (κ2) is 7.13. The summed E-state index contributed by atoms with van der Waals surface area (Å²) in [4.78, 5) is 2.27. The van der Waals surface area contributed by atoms with E-state index in [2.05, 4.69) is 11.9 Å². The van der Waals surface area contributed by atoms with Crippen LogP contribution >= 0.6 is 17.0 Å². The molecule has 1 heterocycles. The molecule has 52 valence electrons. The first-order valence-electron chi connectivity index (χ1n) is 2.66. The third kappa shape index (κ3) is 5.47. The third-order valence-corrected chi connectivity index (χ3v) is 1.23. The summed E-state index contributed by atoms with van der Waals surface area (Å²) in [7, 11) is 2.11. The molecule has 0 unspecified atom stereocenters. The number of halogens is 1. The zero-order chi connectivity index (χ0) is 5.11. The van der Waals surface area contributed by atoms with Gasteiger partial charge in [0.1, 0.15) is 0 Å². The van der Waals surface area contributed by atoms with E-state index in [4.69, 9.17) is 4.74 Å². The van der Waals surface area contributed by atoms with Crippen LogP contribution in [0.4, 0.5) is 0 Å². The molecule has 1 aliphatic rings. The van der Waals surface area contributed by atoms with Crippen molar-refractivity contribution in [3.8, 4) is 0 Å². The van der Waals surface area contributed by atoms with Crippen LogP contribution in [0.5, 0.6) is 0 Å². The molecule has 0 aromatic carbocycles. The Hall–Kier alpha value is 1.02. The van der Waals surface area contributed by atoms with Crippen LogP contribution in [0.25, 0.3) is 0 Å². The molecule has 0 aromatic heterocycles. The molecule has 0 amide bonds. The fraction of sp³-hybridized carbons (Fsp3) is 1.00. The van der Waals surface area contributed by atoms with E-state index in [0.717, 1.165) is 26.3 Å². The van der Waals surface area contributed by atoms with Gasteiger partial charge in [0.05, 0.1) is 13.2 Å². The van der Waals surface area contributed by atoms with E-state index in [1.807, 2.05) is 0 Å². The number of hydrogen-bond donors (Lipinski definition) is 0. The number of rotatable bonds is 0. The van der Waals surface area contributed by atoms with E-state index >= 15 is 0 Å². The van der Waals surface area contributed by atoms with Crippen molar-refractivity contribution in [1.82, 2.24) is 4.90 Å². The van der Waals surface area contributed by atoms with Crippen molar-refractivity contribution in [2.24, 2.45) is 0 Å². The first-order valence-corrected chi connectivity index (χ1v) is 2.66. The van der Waals surface area contributed by atoms with Crippen molar-refractivity contribution in [2.45, 2.75) is 0 Å². The van der Waals surface area contributed by atoms with Crippen molar-refractivity contribution in [1.29, 1.82) is 0 Å². The van der Waals surface area contributed by atoms with Gasteiger partial charge in [-0.1, -0.05) is 0 Å². The summed E-state index contributed by atoms with van der Waals surface area (Å²) >= 11 is 0. The molecule has 0 atom stereocenters. The molecule has 0 bridgehead atoms. The largest absolute Gasteiger partial charge is 0.379 e. The topological polar surface area (TPSA) is 12.5 Å². The molecule has 1 saturated heterocycles. The first-order chi connectivity index (χ1) is 3.39. The predicted molar refractivity (Wildman–Crippen MR) is 38.6 cm³/mol. The fourth-order valence-electron chi connectivity index (χ4n) is 0.655.